The Kier molecular flexibility index (Phi) is 5.08. The second-order valence-corrected chi connectivity index (χ2v) is 6.27. The third kappa shape index (κ3) is 4.04. The largest absolute Gasteiger partial charge is 0.316 e. The molecule has 17 heavy (non-hydrogen) atoms. The molecule has 0 bridgehead atoms. The lowest BCUT2D eigenvalue weighted by molar-refractivity contribution is 0.364. The summed E-state index contributed by atoms with van der Waals surface area (Å²) in [5.74, 6) is 0. The third-order valence-corrected chi connectivity index (χ3v) is 4.43. The van der Waals surface area contributed by atoms with Crippen LogP contribution in [0, 0.1) is 0 Å². The number of nitrogens with zero attached hydrogens (tertiary/aromatic N) is 1. The molecular weight excluding hydrogens is 306 g/mol. The van der Waals surface area contributed by atoms with Crippen molar-refractivity contribution in [3.8, 4) is 0 Å². The zero-order valence-electron chi connectivity index (χ0n) is 9.99. The van der Waals surface area contributed by atoms with Gasteiger partial charge in [0.2, 0.25) is 0 Å². The van der Waals surface area contributed by atoms with Crippen LogP contribution >= 0.6 is 15.9 Å². The summed E-state index contributed by atoms with van der Waals surface area (Å²) in [6, 6.07) is 5.16. The summed E-state index contributed by atoms with van der Waals surface area (Å²) < 4.78 is 24.4. The average molecular weight is 322 g/mol. The molecule has 7 heteroatoms. The van der Waals surface area contributed by atoms with Crippen molar-refractivity contribution in [1.82, 2.24) is 15.2 Å². The Hall–Kier alpha value is -0.470. The van der Waals surface area contributed by atoms with Crippen LogP contribution in [0.2, 0.25) is 0 Å². The maximum atomic E-state index is 11.9. The molecule has 96 valence electrons. The first-order chi connectivity index (χ1) is 7.86. The fourth-order valence-electron chi connectivity index (χ4n) is 1.37. The lowest BCUT2D eigenvalue weighted by Crippen LogP contribution is -2.36. The molecule has 0 fully saturated rings. The Labute approximate surface area is 110 Å². The van der Waals surface area contributed by atoms with E-state index in [9.17, 15) is 8.42 Å². The molecule has 0 spiro atoms. The molecule has 0 radical (unpaired) electrons. The van der Waals surface area contributed by atoms with E-state index in [1.807, 2.05) is 7.05 Å². The first kappa shape index (κ1) is 14.6. The predicted molar refractivity (Wildman–Crippen MR) is 70.9 cm³/mol. The van der Waals surface area contributed by atoms with Gasteiger partial charge in [0.15, 0.2) is 0 Å². The topological polar surface area (TPSA) is 61.4 Å². The van der Waals surface area contributed by atoms with Crippen molar-refractivity contribution in [3.63, 3.8) is 0 Å². The molecule has 0 atom stereocenters. The van der Waals surface area contributed by atoms with Crippen LogP contribution in [0.3, 0.4) is 0 Å². The lowest BCUT2D eigenvalue weighted by Gasteiger charge is -2.14. The number of sulfonamides is 1. The number of nitrogens with one attached hydrogen (secondary N) is 2. The van der Waals surface area contributed by atoms with Gasteiger partial charge in [-0.2, -0.15) is 0 Å². The van der Waals surface area contributed by atoms with Gasteiger partial charge in [0, 0.05) is 25.1 Å². The van der Waals surface area contributed by atoms with Crippen molar-refractivity contribution in [3.05, 3.63) is 28.2 Å². The SMILES string of the molecule is CNCc1ccc(S(=O)(=O)NN(C)C)c(Br)c1. The van der Waals surface area contributed by atoms with Crippen LogP contribution < -0.4 is 10.1 Å². The third-order valence-electron chi connectivity index (χ3n) is 1.97. The van der Waals surface area contributed by atoms with Crippen molar-refractivity contribution in [2.75, 3.05) is 21.1 Å². The van der Waals surface area contributed by atoms with Crippen molar-refractivity contribution in [2.24, 2.45) is 0 Å². The van der Waals surface area contributed by atoms with Gasteiger partial charge in [-0.05, 0) is 40.7 Å². The van der Waals surface area contributed by atoms with Crippen molar-refractivity contribution >= 4 is 26.0 Å². The number of hydrogen-bond acceptors (Lipinski definition) is 4. The standard InChI is InChI=1S/C10H16BrN3O2S/c1-12-7-8-4-5-10(9(11)6-8)17(15,16)13-14(2)3/h4-6,12-13H,7H2,1-3H3. The van der Waals surface area contributed by atoms with Gasteiger partial charge in [-0.3, -0.25) is 0 Å². The molecular formula is C10H16BrN3O2S. The van der Waals surface area contributed by atoms with Crippen molar-refractivity contribution in [2.45, 2.75) is 11.4 Å². The molecule has 1 rings (SSSR count). The number of rotatable bonds is 5. The molecule has 1 aromatic rings. The molecule has 0 saturated heterocycles. The molecule has 5 nitrogen and oxygen atoms in total. The second kappa shape index (κ2) is 5.92. The van der Waals surface area contributed by atoms with E-state index in [2.05, 4.69) is 26.1 Å². The summed E-state index contributed by atoms with van der Waals surface area (Å²) in [6.07, 6.45) is 0. The van der Waals surface area contributed by atoms with E-state index in [4.69, 9.17) is 0 Å². The molecule has 0 saturated carbocycles. The predicted octanol–water partition coefficient (Wildman–Crippen LogP) is 0.923. The summed E-state index contributed by atoms with van der Waals surface area (Å²) in [7, 11) is 1.58. The van der Waals surface area contributed by atoms with Crippen LogP contribution in [0.25, 0.3) is 0 Å². The maximum Gasteiger partial charge on any atom is 0.254 e. The molecule has 2 N–H and O–H groups in total. The first-order valence-corrected chi connectivity index (χ1v) is 7.27. The molecule has 0 amide bonds. The van der Waals surface area contributed by atoms with Gasteiger partial charge in [-0.15, -0.1) is 4.83 Å². The van der Waals surface area contributed by atoms with Crippen LogP contribution in [0.15, 0.2) is 27.6 Å². The van der Waals surface area contributed by atoms with Crippen LogP contribution in [0.1, 0.15) is 5.56 Å². The quantitative estimate of drug-likeness (QED) is 0.792. The van der Waals surface area contributed by atoms with Crippen LogP contribution in [0.4, 0.5) is 0 Å². The number of hydrogen-bond donors (Lipinski definition) is 2. The van der Waals surface area contributed by atoms with Crippen LogP contribution in [0.5, 0.6) is 0 Å². The summed E-state index contributed by atoms with van der Waals surface area (Å²) in [4.78, 5) is 2.62. The number of hydrazine groups is 1. The molecule has 0 aliphatic rings. The molecule has 0 aromatic heterocycles. The minimum absolute atomic E-state index is 0.228. The highest BCUT2D eigenvalue weighted by Gasteiger charge is 2.18. The average Bonchev–Trinajstić information content (AvgIpc) is 2.15. The van der Waals surface area contributed by atoms with E-state index in [0.717, 1.165) is 5.56 Å². The molecule has 0 aliphatic heterocycles. The van der Waals surface area contributed by atoms with Gasteiger partial charge in [0.1, 0.15) is 0 Å². The van der Waals surface area contributed by atoms with E-state index in [0.29, 0.717) is 11.0 Å². The highest BCUT2D eigenvalue weighted by molar-refractivity contribution is 9.10. The zero-order chi connectivity index (χ0) is 13.1. The van der Waals surface area contributed by atoms with Gasteiger partial charge in [0.25, 0.3) is 10.0 Å². The number of benzene rings is 1. The second-order valence-electron chi connectivity index (χ2n) is 3.78. The van der Waals surface area contributed by atoms with Crippen LogP contribution in [-0.4, -0.2) is 34.6 Å². The minimum atomic E-state index is -3.51. The van der Waals surface area contributed by atoms with Crippen LogP contribution in [-0.2, 0) is 16.6 Å². The monoisotopic (exact) mass is 321 g/mol. The first-order valence-electron chi connectivity index (χ1n) is 4.99. The van der Waals surface area contributed by atoms with Crippen molar-refractivity contribution < 1.29 is 8.42 Å². The Morgan fingerprint density at radius 2 is 2.00 bits per heavy atom. The van der Waals surface area contributed by atoms with Gasteiger partial charge in [-0.1, -0.05) is 6.07 Å². The van der Waals surface area contributed by atoms with E-state index in [1.54, 1.807) is 32.3 Å². The van der Waals surface area contributed by atoms with Gasteiger partial charge < -0.3 is 5.32 Å². The fraction of sp³-hybridized carbons (Fsp3) is 0.400. The summed E-state index contributed by atoms with van der Waals surface area (Å²) in [6.45, 7) is 0.694. The van der Waals surface area contributed by atoms with Gasteiger partial charge in [0.05, 0.1) is 4.90 Å². The summed E-state index contributed by atoms with van der Waals surface area (Å²) >= 11 is 3.28. The summed E-state index contributed by atoms with van der Waals surface area (Å²) in [5.41, 5.74) is 1.02. The van der Waals surface area contributed by atoms with Crippen molar-refractivity contribution in [1.29, 1.82) is 0 Å². The van der Waals surface area contributed by atoms with Gasteiger partial charge >= 0.3 is 0 Å². The minimum Gasteiger partial charge on any atom is -0.316 e. The Bertz CT molecular complexity index is 488. The normalized spacial score (nSPS) is 12.1. The fourth-order valence-corrected chi connectivity index (χ4v) is 3.57. The summed E-state index contributed by atoms with van der Waals surface area (Å²) in [5, 5.41) is 4.40. The zero-order valence-corrected chi connectivity index (χ0v) is 12.4. The number of halogens is 1. The Morgan fingerprint density at radius 1 is 1.35 bits per heavy atom. The van der Waals surface area contributed by atoms with E-state index < -0.39 is 10.0 Å². The molecule has 0 heterocycles. The maximum absolute atomic E-state index is 11.9. The molecule has 0 aliphatic carbocycles. The molecule has 1 aromatic carbocycles. The lowest BCUT2D eigenvalue weighted by atomic mass is 10.2. The Balaban J connectivity index is 3.07. The smallest absolute Gasteiger partial charge is 0.254 e. The van der Waals surface area contributed by atoms with E-state index >= 15 is 0 Å². The highest BCUT2D eigenvalue weighted by atomic mass is 79.9. The Morgan fingerprint density at radius 3 is 2.47 bits per heavy atom. The van der Waals surface area contributed by atoms with E-state index in [1.165, 1.54) is 5.01 Å². The van der Waals surface area contributed by atoms with Gasteiger partial charge in [-0.25, -0.2) is 13.4 Å². The highest BCUT2D eigenvalue weighted by Crippen LogP contribution is 2.23. The molecule has 0 unspecified atom stereocenters. The van der Waals surface area contributed by atoms with E-state index in [-0.39, 0.29) is 4.90 Å².